The van der Waals surface area contributed by atoms with Crippen molar-refractivity contribution in [1.82, 2.24) is 19.5 Å². The van der Waals surface area contributed by atoms with Crippen LogP contribution < -0.4 is 5.73 Å². The van der Waals surface area contributed by atoms with Crippen molar-refractivity contribution < 1.29 is 9.18 Å². The second-order valence-electron chi connectivity index (χ2n) is 6.79. The molecular formula is C16H18FN5O. The first-order valence-electron chi connectivity index (χ1n) is 7.49. The van der Waals surface area contributed by atoms with Gasteiger partial charge in [-0.3, -0.25) is 4.79 Å². The molecule has 0 saturated carbocycles. The van der Waals surface area contributed by atoms with E-state index in [1.165, 1.54) is 6.07 Å². The molecular weight excluding hydrogens is 297 g/mol. The van der Waals surface area contributed by atoms with Crippen LogP contribution in [0.25, 0.3) is 16.7 Å². The number of primary amides is 1. The number of hydrogen-bond donors (Lipinski definition) is 2. The van der Waals surface area contributed by atoms with E-state index in [9.17, 15) is 9.18 Å². The normalized spacial score (nSPS) is 17.7. The molecule has 0 atom stereocenters. The summed E-state index contributed by atoms with van der Waals surface area (Å²) in [6, 6.07) is 2.53. The molecule has 3 aromatic rings. The summed E-state index contributed by atoms with van der Waals surface area (Å²) in [5, 5.41) is 4.58. The lowest BCUT2D eigenvalue weighted by Crippen LogP contribution is -2.55. The van der Waals surface area contributed by atoms with E-state index in [-0.39, 0.29) is 11.0 Å². The Morgan fingerprint density at radius 2 is 2.13 bits per heavy atom. The summed E-state index contributed by atoms with van der Waals surface area (Å²) in [5.74, 6) is -1.16. The highest BCUT2D eigenvalue weighted by Crippen LogP contribution is 2.38. The average Bonchev–Trinajstić information content (AvgIpc) is 2.89. The number of aromatic nitrogens is 3. The topological polar surface area (TPSA) is 79.4 Å². The fourth-order valence-corrected chi connectivity index (χ4v) is 4.07. The van der Waals surface area contributed by atoms with E-state index in [4.69, 9.17) is 5.73 Å². The quantitative estimate of drug-likeness (QED) is 0.753. The highest BCUT2D eigenvalue weighted by molar-refractivity contribution is 6.05. The number of H-pyrrole nitrogens is 1. The first-order valence-corrected chi connectivity index (χ1v) is 7.49. The molecule has 0 bridgehead atoms. The van der Waals surface area contributed by atoms with Crippen LogP contribution in [0, 0.1) is 12.7 Å². The van der Waals surface area contributed by atoms with Crippen LogP contribution >= 0.6 is 0 Å². The SMILES string of the molecule is Cc1nn2c([nH]c3cc(F)cc(C(N)=O)c32)c1C1(C)CN(C)C1. The number of nitrogens with one attached hydrogen (secondary N) is 1. The van der Waals surface area contributed by atoms with Crippen LogP contribution in [0.15, 0.2) is 12.1 Å². The number of aryl methyl sites for hydroxylation is 1. The van der Waals surface area contributed by atoms with Gasteiger partial charge < -0.3 is 15.6 Å². The number of hydrogen-bond acceptors (Lipinski definition) is 3. The third kappa shape index (κ3) is 1.83. The van der Waals surface area contributed by atoms with E-state index in [0.29, 0.717) is 11.0 Å². The molecule has 0 aliphatic carbocycles. The zero-order valence-corrected chi connectivity index (χ0v) is 13.3. The maximum atomic E-state index is 13.8. The smallest absolute Gasteiger partial charge is 0.251 e. The summed E-state index contributed by atoms with van der Waals surface area (Å²) in [6.45, 7) is 6.01. The van der Waals surface area contributed by atoms with Crippen molar-refractivity contribution in [2.75, 3.05) is 20.1 Å². The van der Waals surface area contributed by atoms with Crippen molar-refractivity contribution in [1.29, 1.82) is 0 Å². The van der Waals surface area contributed by atoms with Crippen LogP contribution in [-0.2, 0) is 5.41 Å². The Morgan fingerprint density at radius 1 is 1.43 bits per heavy atom. The molecule has 7 heteroatoms. The third-order valence-corrected chi connectivity index (χ3v) is 4.71. The second-order valence-corrected chi connectivity index (χ2v) is 6.79. The van der Waals surface area contributed by atoms with Gasteiger partial charge >= 0.3 is 0 Å². The van der Waals surface area contributed by atoms with Gasteiger partial charge in [-0.1, -0.05) is 6.92 Å². The van der Waals surface area contributed by atoms with Crippen molar-refractivity contribution in [3.05, 3.63) is 34.8 Å². The second kappa shape index (κ2) is 4.32. The summed E-state index contributed by atoms with van der Waals surface area (Å²) < 4.78 is 15.5. The lowest BCUT2D eigenvalue weighted by atomic mass is 9.76. The molecule has 0 radical (unpaired) electrons. The van der Waals surface area contributed by atoms with Gasteiger partial charge in [0.15, 0.2) is 0 Å². The van der Waals surface area contributed by atoms with Crippen LogP contribution in [0.1, 0.15) is 28.5 Å². The number of nitrogens with two attached hydrogens (primary N) is 1. The van der Waals surface area contributed by atoms with Gasteiger partial charge in [0.1, 0.15) is 17.0 Å². The highest BCUT2D eigenvalue weighted by atomic mass is 19.1. The Morgan fingerprint density at radius 3 is 2.74 bits per heavy atom. The largest absolute Gasteiger partial charge is 0.366 e. The number of amides is 1. The van der Waals surface area contributed by atoms with Crippen molar-refractivity contribution in [2.45, 2.75) is 19.3 Å². The van der Waals surface area contributed by atoms with Gasteiger partial charge in [0.05, 0.1) is 16.8 Å². The lowest BCUT2D eigenvalue weighted by Gasteiger charge is -2.46. The van der Waals surface area contributed by atoms with Gasteiger partial charge in [0.25, 0.3) is 5.91 Å². The number of benzene rings is 1. The van der Waals surface area contributed by atoms with Crippen molar-refractivity contribution >= 4 is 22.6 Å². The molecule has 4 rings (SSSR count). The molecule has 3 N–H and O–H groups in total. The molecule has 120 valence electrons. The van der Waals surface area contributed by atoms with Crippen LogP contribution in [0.2, 0.25) is 0 Å². The van der Waals surface area contributed by atoms with Crippen molar-refractivity contribution in [3.63, 3.8) is 0 Å². The number of aromatic amines is 1. The summed E-state index contributed by atoms with van der Waals surface area (Å²) in [6.07, 6.45) is 0. The lowest BCUT2D eigenvalue weighted by molar-refractivity contribution is 0.100. The van der Waals surface area contributed by atoms with E-state index in [1.807, 2.05) is 6.92 Å². The number of halogens is 1. The zero-order valence-electron chi connectivity index (χ0n) is 13.3. The maximum absolute atomic E-state index is 13.8. The fourth-order valence-electron chi connectivity index (χ4n) is 4.07. The molecule has 0 spiro atoms. The number of carbonyl (C=O) groups is 1. The van der Waals surface area contributed by atoms with Gasteiger partial charge in [-0.05, 0) is 26.1 Å². The molecule has 1 aromatic carbocycles. The number of rotatable bonds is 2. The van der Waals surface area contributed by atoms with Crippen LogP contribution in [0.3, 0.4) is 0 Å². The first kappa shape index (κ1) is 14.2. The Bertz CT molecular complexity index is 964. The number of carbonyl (C=O) groups excluding carboxylic acids is 1. The summed E-state index contributed by atoms with van der Waals surface area (Å²) in [4.78, 5) is 17.2. The standard InChI is InChI=1S/C16H18FN5O/c1-8-12(16(2)6-21(3)7-16)15-19-11-5-9(17)4-10(14(18)23)13(11)22(15)20-8/h4-5,19H,6-7H2,1-3H3,(H2,18,23). The zero-order chi connectivity index (χ0) is 16.5. The van der Waals surface area contributed by atoms with E-state index < -0.39 is 11.7 Å². The van der Waals surface area contributed by atoms with Gasteiger partial charge in [-0.15, -0.1) is 0 Å². The number of imidazole rings is 1. The Kier molecular flexibility index (Phi) is 2.67. The molecule has 1 fully saturated rings. The van der Waals surface area contributed by atoms with E-state index >= 15 is 0 Å². The Labute approximate surface area is 132 Å². The number of likely N-dealkylation sites (N-methyl/N-ethyl adjacent to an activating group) is 1. The minimum absolute atomic E-state index is 0.00705. The molecule has 1 aliphatic heterocycles. The highest BCUT2D eigenvalue weighted by Gasteiger charge is 2.42. The fraction of sp³-hybridized carbons (Fsp3) is 0.375. The van der Waals surface area contributed by atoms with E-state index in [2.05, 4.69) is 29.0 Å². The average molecular weight is 315 g/mol. The molecule has 1 aliphatic rings. The predicted molar refractivity (Wildman–Crippen MR) is 85.1 cm³/mol. The van der Waals surface area contributed by atoms with Crippen molar-refractivity contribution in [2.24, 2.45) is 5.73 Å². The molecule has 0 unspecified atom stereocenters. The number of likely N-dealkylation sites (tertiary alicyclic amines) is 1. The van der Waals surface area contributed by atoms with Crippen LogP contribution in [0.4, 0.5) is 4.39 Å². The molecule has 1 amide bonds. The Hall–Kier alpha value is -2.41. The predicted octanol–water partition coefficient (Wildman–Crippen LogP) is 1.57. The monoisotopic (exact) mass is 315 g/mol. The number of nitrogens with zero attached hydrogens (tertiary/aromatic N) is 3. The minimum Gasteiger partial charge on any atom is -0.366 e. The van der Waals surface area contributed by atoms with Gasteiger partial charge in [0, 0.05) is 24.1 Å². The first-order chi connectivity index (χ1) is 10.8. The van der Waals surface area contributed by atoms with E-state index in [0.717, 1.165) is 36.1 Å². The van der Waals surface area contributed by atoms with E-state index in [1.54, 1.807) is 4.52 Å². The molecule has 23 heavy (non-hydrogen) atoms. The van der Waals surface area contributed by atoms with Gasteiger partial charge in [-0.25, -0.2) is 8.91 Å². The molecule has 6 nitrogen and oxygen atoms in total. The van der Waals surface area contributed by atoms with Crippen molar-refractivity contribution in [3.8, 4) is 0 Å². The van der Waals surface area contributed by atoms with Crippen LogP contribution in [0.5, 0.6) is 0 Å². The molecule has 2 aromatic heterocycles. The van der Waals surface area contributed by atoms with Crippen LogP contribution in [-0.4, -0.2) is 45.5 Å². The molecule has 1 saturated heterocycles. The summed E-state index contributed by atoms with van der Waals surface area (Å²) in [7, 11) is 2.07. The summed E-state index contributed by atoms with van der Waals surface area (Å²) in [5.41, 5.74) is 9.43. The Balaban J connectivity index is 2.07. The summed E-state index contributed by atoms with van der Waals surface area (Å²) >= 11 is 0. The third-order valence-electron chi connectivity index (χ3n) is 4.71. The maximum Gasteiger partial charge on any atom is 0.251 e. The number of fused-ring (bicyclic) bond motifs is 3. The molecule has 3 heterocycles. The minimum atomic E-state index is -0.667. The van der Waals surface area contributed by atoms with Gasteiger partial charge in [-0.2, -0.15) is 5.10 Å². The van der Waals surface area contributed by atoms with Gasteiger partial charge in [0.2, 0.25) is 0 Å².